The minimum absolute atomic E-state index is 0.114. The standard InChI is InChI=1S/C15H16N4O2/c20-14-9-12(11-3-1-2-4-13(11)18-14)15(21)16-7-5-10-6-8-17-19-10/h1-4,6,8,12H,5,7,9H2,(H,16,21)(H,17,19)(H,18,20)/t12-/m0/s1. The molecule has 108 valence electrons. The van der Waals surface area contributed by atoms with Crippen LogP contribution in [0, 0.1) is 0 Å². The van der Waals surface area contributed by atoms with E-state index in [1.807, 2.05) is 30.3 Å². The van der Waals surface area contributed by atoms with Crippen LogP contribution >= 0.6 is 0 Å². The number of benzene rings is 1. The summed E-state index contributed by atoms with van der Waals surface area (Å²) in [6.45, 7) is 0.515. The highest BCUT2D eigenvalue weighted by molar-refractivity contribution is 6.01. The summed E-state index contributed by atoms with van der Waals surface area (Å²) in [7, 11) is 0. The van der Waals surface area contributed by atoms with Crippen LogP contribution in [0.25, 0.3) is 0 Å². The first-order valence-corrected chi connectivity index (χ1v) is 6.89. The Kier molecular flexibility index (Phi) is 3.68. The Morgan fingerprint density at radius 2 is 2.19 bits per heavy atom. The van der Waals surface area contributed by atoms with Crippen molar-refractivity contribution >= 4 is 17.5 Å². The summed E-state index contributed by atoms with van der Waals surface area (Å²) in [6, 6.07) is 9.29. The fraction of sp³-hybridized carbons (Fsp3) is 0.267. The van der Waals surface area contributed by atoms with E-state index in [0.29, 0.717) is 13.0 Å². The number of aromatic amines is 1. The van der Waals surface area contributed by atoms with Crippen LogP contribution < -0.4 is 10.6 Å². The maximum Gasteiger partial charge on any atom is 0.228 e. The van der Waals surface area contributed by atoms with Crippen molar-refractivity contribution in [3.63, 3.8) is 0 Å². The van der Waals surface area contributed by atoms with Gasteiger partial charge in [0.1, 0.15) is 0 Å². The first-order chi connectivity index (χ1) is 10.2. The molecule has 3 rings (SSSR count). The normalized spacial score (nSPS) is 17.0. The molecule has 2 amide bonds. The molecule has 2 aromatic rings. The lowest BCUT2D eigenvalue weighted by atomic mass is 9.90. The second kappa shape index (κ2) is 5.78. The van der Waals surface area contributed by atoms with Crippen LogP contribution in [0.15, 0.2) is 36.5 Å². The summed E-state index contributed by atoms with van der Waals surface area (Å²) in [5.74, 6) is -0.657. The Labute approximate surface area is 121 Å². The molecular weight excluding hydrogens is 268 g/mol. The quantitative estimate of drug-likeness (QED) is 0.788. The van der Waals surface area contributed by atoms with Gasteiger partial charge in [0, 0.05) is 37.0 Å². The van der Waals surface area contributed by atoms with Gasteiger partial charge in [0.25, 0.3) is 0 Å². The van der Waals surface area contributed by atoms with Gasteiger partial charge in [-0.3, -0.25) is 14.7 Å². The van der Waals surface area contributed by atoms with Crippen LogP contribution in [0.2, 0.25) is 0 Å². The molecule has 1 aliphatic heterocycles. The summed E-state index contributed by atoms with van der Waals surface area (Å²) < 4.78 is 0. The number of anilines is 1. The van der Waals surface area contributed by atoms with Gasteiger partial charge in [-0.2, -0.15) is 5.10 Å². The molecule has 0 fully saturated rings. The van der Waals surface area contributed by atoms with E-state index >= 15 is 0 Å². The minimum atomic E-state index is -0.420. The van der Waals surface area contributed by atoms with E-state index in [1.165, 1.54) is 0 Å². The Hall–Kier alpha value is -2.63. The number of rotatable bonds is 4. The van der Waals surface area contributed by atoms with E-state index in [4.69, 9.17) is 0 Å². The second-order valence-electron chi connectivity index (χ2n) is 5.02. The number of amides is 2. The van der Waals surface area contributed by atoms with Crippen molar-refractivity contribution in [2.24, 2.45) is 0 Å². The monoisotopic (exact) mass is 284 g/mol. The summed E-state index contributed by atoms with van der Waals surface area (Å²) in [5.41, 5.74) is 2.57. The molecule has 1 aromatic heterocycles. The molecule has 21 heavy (non-hydrogen) atoms. The number of H-pyrrole nitrogens is 1. The third-order valence-electron chi connectivity index (χ3n) is 3.57. The lowest BCUT2D eigenvalue weighted by molar-refractivity contribution is -0.126. The Balaban J connectivity index is 1.65. The molecule has 3 N–H and O–H groups in total. The summed E-state index contributed by atoms with van der Waals surface area (Å²) in [6.07, 6.45) is 2.55. The zero-order chi connectivity index (χ0) is 14.7. The molecule has 0 spiro atoms. The topological polar surface area (TPSA) is 86.9 Å². The van der Waals surface area contributed by atoms with Gasteiger partial charge in [0.2, 0.25) is 11.8 Å². The average Bonchev–Trinajstić information content (AvgIpc) is 2.99. The number of fused-ring (bicyclic) bond motifs is 1. The minimum Gasteiger partial charge on any atom is -0.355 e. The molecule has 0 aliphatic carbocycles. The number of nitrogens with zero attached hydrogens (tertiary/aromatic N) is 1. The van der Waals surface area contributed by atoms with Crippen molar-refractivity contribution < 1.29 is 9.59 Å². The molecule has 0 saturated carbocycles. The Morgan fingerprint density at radius 1 is 1.33 bits per heavy atom. The predicted octanol–water partition coefficient (Wildman–Crippen LogP) is 1.19. The van der Waals surface area contributed by atoms with Crippen molar-refractivity contribution in [3.8, 4) is 0 Å². The van der Waals surface area contributed by atoms with E-state index in [0.717, 1.165) is 16.9 Å². The van der Waals surface area contributed by atoms with E-state index < -0.39 is 5.92 Å². The van der Waals surface area contributed by atoms with Gasteiger partial charge in [-0.25, -0.2) is 0 Å². The van der Waals surface area contributed by atoms with Crippen LogP contribution in [0.5, 0.6) is 0 Å². The number of hydrogen-bond acceptors (Lipinski definition) is 3. The molecule has 6 heteroatoms. The van der Waals surface area contributed by atoms with Gasteiger partial charge in [0.15, 0.2) is 0 Å². The van der Waals surface area contributed by atoms with Gasteiger partial charge in [0.05, 0.1) is 5.92 Å². The Bertz CT molecular complexity index is 651. The molecule has 1 atom stereocenters. The highest BCUT2D eigenvalue weighted by Crippen LogP contribution is 2.31. The van der Waals surface area contributed by atoms with Crippen molar-refractivity contribution in [1.82, 2.24) is 15.5 Å². The fourth-order valence-electron chi connectivity index (χ4n) is 2.51. The highest BCUT2D eigenvalue weighted by atomic mass is 16.2. The molecule has 1 aliphatic rings. The van der Waals surface area contributed by atoms with Crippen molar-refractivity contribution in [3.05, 3.63) is 47.8 Å². The van der Waals surface area contributed by atoms with Gasteiger partial charge >= 0.3 is 0 Å². The van der Waals surface area contributed by atoms with E-state index in [9.17, 15) is 9.59 Å². The second-order valence-corrected chi connectivity index (χ2v) is 5.02. The smallest absolute Gasteiger partial charge is 0.228 e. The van der Waals surface area contributed by atoms with Gasteiger partial charge in [-0.15, -0.1) is 0 Å². The average molecular weight is 284 g/mol. The molecule has 0 bridgehead atoms. The maximum atomic E-state index is 12.3. The number of hydrogen-bond donors (Lipinski definition) is 3. The summed E-state index contributed by atoms with van der Waals surface area (Å²) in [4.78, 5) is 24.0. The van der Waals surface area contributed by atoms with Crippen molar-refractivity contribution in [2.75, 3.05) is 11.9 Å². The van der Waals surface area contributed by atoms with Crippen molar-refractivity contribution in [1.29, 1.82) is 0 Å². The zero-order valence-electron chi connectivity index (χ0n) is 11.4. The van der Waals surface area contributed by atoms with Crippen LogP contribution in [0.3, 0.4) is 0 Å². The van der Waals surface area contributed by atoms with E-state index in [1.54, 1.807) is 6.20 Å². The number of nitrogens with one attached hydrogen (secondary N) is 3. The van der Waals surface area contributed by atoms with Gasteiger partial charge < -0.3 is 10.6 Å². The third kappa shape index (κ3) is 2.94. The molecule has 0 saturated heterocycles. The number of aromatic nitrogens is 2. The van der Waals surface area contributed by atoms with Crippen molar-refractivity contribution in [2.45, 2.75) is 18.8 Å². The van der Waals surface area contributed by atoms with Crippen LogP contribution in [0.4, 0.5) is 5.69 Å². The lowest BCUT2D eigenvalue weighted by Crippen LogP contribution is -2.35. The molecule has 2 heterocycles. The molecular formula is C15H16N4O2. The fourth-order valence-corrected chi connectivity index (χ4v) is 2.51. The number of carbonyl (C=O) groups is 2. The first-order valence-electron chi connectivity index (χ1n) is 6.89. The molecule has 1 aromatic carbocycles. The lowest BCUT2D eigenvalue weighted by Gasteiger charge is -2.24. The van der Waals surface area contributed by atoms with E-state index in [-0.39, 0.29) is 18.2 Å². The highest BCUT2D eigenvalue weighted by Gasteiger charge is 2.30. The molecule has 6 nitrogen and oxygen atoms in total. The predicted molar refractivity (Wildman–Crippen MR) is 77.7 cm³/mol. The molecule has 0 unspecified atom stereocenters. The van der Waals surface area contributed by atoms with Crippen LogP contribution in [0.1, 0.15) is 23.6 Å². The maximum absolute atomic E-state index is 12.3. The SMILES string of the molecule is O=C1C[C@H](C(=O)NCCc2ccn[nH]2)c2ccccc2N1. The molecule has 0 radical (unpaired) electrons. The third-order valence-corrected chi connectivity index (χ3v) is 3.57. The summed E-state index contributed by atoms with van der Waals surface area (Å²) >= 11 is 0. The van der Waals surface area contributed by atoms with E-state index in [2.05, 4.69) is 20.8 Å². The number of para-hydroxylation sites is 1. The Morgan fingerprint density at radius 3 is 3.00 bits per heavy atom. The zero-order valence-corrected chi connectivity index (χ0v) is 11.4. The van der Waals surface area contributed by atoms with Crippen LogP contribution in [-0.4, -0.2) is 28.6 Å². The summed E-state index contributed by atoms with van der Waals surface area (Å²) in [5, 5.41) is 12.4. The van der Waals surface area contributed by atoms with Gasteiger partial charge in [-0.05, 0) is 17.7 Å². The van der Waals surface area contributed by atoms with Gasteiger partial charge in [-0.1, -0.05) is 18.2 Å². The largest absolute Gasteiger partial charge is 0.355 e. The first kappa shape index (κ1) is 13.4. The van der Waals surface area contributed by atoms with Crippen LogP contribution in [-0.2, 0) is 16.0 Å². The number of carbonyl (C=O) groups excluding carboxylic acids is 2.